The van der Waals surface area contributed by atoms with Crippen LogP contribution in [0.5, 0.6) is 0 Å². The number of rotatable bonds is 8. The van der Waals surface area contributed by atoms with E-state index in [1.165, 1.54) is 0 Å². The van der Waals surface area contributed by atoms with Crippen molar-refractivity contribution in [3.05, 3.63) is 34.9 Å². The molecule has 0 saturated carbocycles. The highest BCUT2D eigenvalue weighted by molar-refractivity contribution is 6.30. The molecule has 138 valence electrons. The van der Waals surface area contributed by atoms with Gasteiger partial charge in [-0.2, -0.15) is 0 Å². The van der Waals surface area contributed by atoms with Gasteiger partial charge in [0.25, 0.3) is 5.91 Å². The summed E-state index contributed by atoms with van der Waals surface area (Å²) < 4.78 is 0. The molecule has 0 fully saturated rings. The summed E-state index contributed by atoms with van der Waals surface area (Å²) in [4.78, 5) is 35.2. The third kappa shape index (κ3) is 8.54. The van der Waals surface area contributed by atoms with E-state index in [1.54, 1.807) is 24.3 Å². The highest BCUT2D eigenvalue weighted by Crippen LogP contribution is 2.12. The molecule has 0 saturated heterocycles. The zero-order chi connectivity index (χ0) is 18.9. The first-order valence-corrected chi connectivity index (χ1v) is 8.66. The van der Waals surface area contributed by atoms with Crippen molar-refractivity contribution in [3.8, 4) is 0 Å². The maximum atomic E-state index is 11.8. The summed E-state index contributed by atoms with van der Waals surface area (Å²) in [6, 6.07) is 6.58. The van der Waals surface area contributed by atoms with E-state index in [4.69, 9.17) is 11.6 Å². The molecule has 1 rings (SSSR count). The molecular formula is C18H26ClN3O3. The fourth-order valence-corrected chi connectivity index (χ4v) is 2.01. The summed E-state index contributed by atoms with van der Waals surface area (Å²) in [5.74, 6) is -0.348. The standard InChI is InChI=1S/C18H26ClN3O3/c1-18(2,3)17(25)22-10-4-5-15(23)20-11-12-21-16(24)13-6-8-14(19)9-7-13/h6-9H,4-5,10-12H2,1-3H3,(H,20,23)(H,21,24)(H,22,25). The highest BCUT2D eigenvalue weighted by atomic mass is 35.5. The Labute approximate surface area is 153 Å². The average molecular weight is 368 g/mol. The van der Waals surface area contributed by atoms with Crippen molar-refractivity contribution in [3.63, 3.8) is 0 Å². The van der Waals surface area contributed by atoms with E-state index in [0.29, 0.717) is 43.1 Å². The Hall–Kier alpha value is -2.08. The van der Waals surface area contributed by atoms with Crippen LogP contribution in [0.2, 0.25) is 5.02 Å². The summed E-state index contributed by atoms with van der Waals surface area (Å²) in [5.41, 5.74) is 0.0928. The van der Waals surface area contributed by atoms with Crippen LogP contribution in [0.25, 0.3) is 0 Å². The lowest BCUT2D eigenvalue weighted by molar-refractivity contribution is -0.128. The van der Waals surface area contributed by atoms with E-state index in [0.717, 1.165) is 0 Å². The predicted molar refractivity (Wildman–Crippen MR) is 98.5 cm³/mol. The third-order valence-electron chi connectivity index (χ3n) is 3.39. The minimum Gasteiger partial charge on any atom is -0.356 e. The van der Waals surface area contributed by atoms with E-state index in [2.05, 4.69) is 16.0 Å². The fourth-order valence-electron chi connectivity index (χ4n) is 1.89. The number of hydrogen-bond acceptors (Lipinski definition) is 3. The van der Waals surface area contributed by atoms with Crippen molar-refractivity contribution < 1.29 is 14.4 Å². The molecule has 6 nitrogen and oxygen atoms in total. The van der Waals surface area contributed by atoms with Crippen LogP contribution < -0.4 is 16.0 Å². The van der Waals surface area contributed by atoms with Gasteiger partial charge in [-0.15, -0.1) is 0 Å². The second-order valence-corrected chi connectivity index (χ2v) is 7.16. The van der Waals surface area contributed by atoms with E-state index in [1.807, 2.05) is 20.8 Å². The number of halogens is 1. The lowest BCUT2D eigenvalue weighted by Crippen LogP contribution is -2.36. The Bertz CT molecular complexity index is 595. The van der Waals surface area contributed by atoms with E-state index in [-0.39, 0.29) is 17.7 Å². The number of amides is 3. The Balaban J connectivity index is 2.11. The van der Waals surface area contributed by atoms with E-state index >= 15 is 0 Å². The van der Waals surface area contributed by atoms with Gasteiger partial charge >= 0.3 is 0 Å². The van der Waals surface area contributed by atoms with Gasteiger partial charge in [-0.3, -0.25) is 14.4 Å². The first-order chi connectivity index (χ1) is 11.7. The molecule has 25 heavy (non-hydrogen) atoms. The fraction of sp³-hybridized carbons (Fsp3) is 0.500. The number of benzene rings is 1. The monoisotopic (exact) mass is 367 g/mol. The molecule has 7 heteroatoms. The quantitative estimate of drug-likeness (QED) is 0.615. The van der Waals surface area contributed by atoms with Crippen LogP contribution in [0.3, 0.4) is 0 Å². The molecule has 3 amide bonds. The maximum absolute atomic E-state index is 11.8. The smallest absolute Gasteiger partial charge is 0.251 e. The minimum atomic E-state index is -0.426. The number of carbonyl (C=O) groups is 3. The van der Waals surface area contributed by atoms with Gasteiger partial charge in [0.1, 0.15) is 0 Å². The summed E-state index contributed by atoms with van der Waals surface area (Å²) in [5, 5.41) is 8.82. The topological polar surface area (TPSA) is 87.3 Å². The number of nitrogens with one attached hydrogen (secondary N) is 3. The highest BCUT2D eigenvalue weighted by Gasteiger charge is 2.20. The van der Waals surface area contributed by atoms with Crippen molar-refractivity contribution >= 4 is 29.3 Å². The summed E-state index contributed by atoms with van der Waals surface area (Å²) in [7, 11) is 0. The van der Waals surface area contributed by atoms with Crippen LogP contribution >= 0.6 is 11.6 Å². The third-order valence-corrected chi connectivity index (χ3v) is 3.64. The van der Waals surface area contributed by atoms with Gasteiger partial charge in [0.05, 0.1) is 0 Å². The Morgan fingerprint density at radius 3 is 2.12 bits per heavy atom. The molecule has 1 aromatic rings. The molecular weight excluding hydrogens is 342 g/mol. The molecule has 0 heterocycles. The van der Waals surface area contributed by atoms with Crippen LogP contribution in [-0.4, -0.2) is 37.4 Å². The average Bonchev–Trinajstić information content (AvgIpc) is 2.55. The molecule has 0 bridgehead atoms. The van der Waals surface area contributed by atoms with Gasteiger partial charge in [-0.25, -0.2) is 0 Å². The first kappa shape index (κ1) is 21.0. The zero-order valence-corrected chi connectivity index (χ0v) is 15.7. The van der Waals surface area contributed by atoms with Gasteiger partial charge < -0.3 is 16.0 Å². The van der Waals surface area contributed by atoms with Crippen LogP contribution in [0.1, 0.15) is 44.0 Å². The Kier molecular flexibility index (Phi) is 8.41. The molecule has 0 atom stereocenters. The Morgan fingerprint density at radius 1 is 0.920 bits per heavy atom. The van der Waals surface area contributed by atoms with Crippen molar-refractivity contribution in [2.45, 2.75) is 33.6 Å². The SMILES string of the molecule is CC(C)(C)C(=O)NCCCC(=O)NCCNC(=O)c1ccc(Cl)cc1. The normalized spacial score (nSPS) is 10.9. The van der Waals surface area contributed by atoms with Crippen molar-refractivity contribution in [2.75, 3.05) is 19.6 Å². The molecule has 0 aliphatic rings. The molecule has 0 aromatic heterocycles. The van der Waals surface area contributed by atoms with Crippen LogP contribution in [0.15, 0.2) is 24.3 Å². The van der Waals surface area contributed by atoms with Gasteiger partial charge in [-0.1, -0.05) is 32.4 Å². The molecule has 0 spiro atoms. The molecule has 0 unspecified atom stereocenters. The summed E-state index contributed by atoms with van der Waals surface area (Å²) in [6.07, 6.45) is 0.903. The van der Waals surface area contributed by atoms with Gasteiger partial charge in [0, 0.05) is 42.1 Å². The molecule has 3 N–H and O–H groups in total. The molecule has 1 aromatic carbocycles. The van der Waals surface area contributed by atoms with Crippen molar-refractivity contribution in [2.24, 2.45) is 5.41 Å². The van der Waals surface area contributed by atoms with Gasteiger partial charge in [-0.05, 0) is 30.7 Å². The van der Waals surface area contributed by atoms with E-state index in [9.17, 15) is 14.4 Å². The zero-order valence-electron chi connectivity index (χ0n) is 14.9. The lowest BCUT2D eigenvalue weighted by atomic mass is 9.96. The molecule has 0 aliphatic heterocycles. The second-order valence-electron chi connectivity index (χ2n) is 6.72. The number of carbonyl (C=O) groups excluding carboxylic acids is 3. The summed E-state index contributed by atoms with van der Waals surface area (Å²) >= 11 is 5.77. The van der Waals surface area contributed by atoms with Crippen LogP contribution in [0.4, 0.5) is 0 Å². The van der Waals surface area contributed by atoms with E-state index < -0.39 is 5.41 Å². The molecule has 0 aliphatic carbocycles. The summed E-state index contributed by atoms with van der Waals surface area (Å²) in [6.45, 7) is 6.69. The van der Waals surface area contributed by atoms with Gasteiger partial charge in [0.15, 0.2) is 0 Å². The predicted octanol–water partition coefficient (Wildman–Crippen LogP) is 2.13. The second kappa shape index (κ2) is 10.0. The largest absolute Gasteiger partial charge is 0.356 e. The minimum absolute atomic E-state index is 0.0298. The maximum Gasteiger partial charge on any atom is 0.251 e. The van der Waals surface area contributed by atoms with Crippen LogP contribution in [0, 0.1) is 5.41 Å². The number of hydrogen-bond donors (Lipinski definition) is 3. The lowest BCUT2D eigenvalue weighted by Gasteiger charge is -2.17. The van der Waals surface area contributed by atoms with Crippen LogP contribution in [-0.2, 0) is 9.59 Å². The molecule has 0 radical (unpaired) electrons. The Morgan fingerprint density at radius 2 is 1.52 bits per heavy atom. The first-order valence-electron chi connectivity index (χ1n) is 8.29. The van der Waals surface area contributed by atoms with Crippen molar-refractivity contribution in [1.29, 1.82) is 0 Å². The van der Waals surface area contributed by atoms with Crippen molar-refractivity contribution in [1.82, 2.24) is 16.0 Å². The van der Waals surface area contributed by atoms with Gasteiger partial charge in [0.2, 0.25) is 11.8 Å².